The van der Waals surface area contributed by atoms with Gasteiger partial charge in [-0.15, -0.1) is 0 Å². The van der Waals surface area contributed by atoms with E-state index in [1.807, 2.05) is 0 Å². The number of fused-ring (bicyclic) bond motifs is 1. The minimum Gasteiger partial charge on any atom is -0.480 e. The Morgan fingerprint density at radius 3 is 2.63 bits per heavy atom. The van der Waals surface area contributed by atoms with Crippen LogP contribution in [0.1, 0.15) is 24.2 Å². The number of carboxylic acids is 1. The Bertz CT molecular complexity index is 620. The average molecular weight is 262 g/mol. The number of benzene rings is 1. The van der Waals surface area contributed by atoms with Crippen molar-refractivity contribution < 1.29 is 14.7 Å². The summed E-state index contributed by atoms with van der Waals surface area (Å²) in [6, 6.07) is 4.69. The van der Waals surface area contributed by atoms with E-state index >= 15 is 0 Å². The van der Waals surface area contributed by atoms with Gasteiger partial charge in [0.1, 0.15) is 17.6 Å². The lowest BCUT2D eigenvalue weighted by atomic mass is 10.1. The van der Waals surface area contributed by atoms with Crippen molar-refractivity contribution in [3.63, 3.8) is 0 Å². The predicted octanol–water partition coefficient (Wildman–Crippen LogP) is 0.893. The molecule has 7 nitrogen and oxygen atoms in total. The molecule has 0 saturated carbocycles. The van der Waals surface area contributed by atoms with Gasteiger partial charge in [-0.05, 0) is 32.0 Å². The summed E-state index contributed by atoms with van der Waals surface area (Å²) in [7, 11) is 0. The summed E-state index contributed by atoms with van der Waals surface area (Å²) in [4.78, 5) is 24.4. The van der Waals surface area contributed by atoms with Crippen LogP contribution in [-0.4, -0.2) is 49.9 Å². The number of H-pyrrole nitrogens is 1. The van der Waals surface area contributed by atoms with E-state index in [1.165, 1.54) is 4.90 Å². The first kappa shape index (κ1) is 13.0. The summed E-state index contributed by atoms with van der Waals surface area (Å²) in [5.41, 5.74) is 1.63. The Labute approximate surface area is 109 Å². The van der Waals surface area contributed by atoms with Gasteiger partial charge in [-0.3, -0.25) is 9.59 Å². The van der Waals surface area contributed by atoms with E-state index in [1.54, 1.807) is 32.0 Å². The number of nitrogens with zero attached hydrogens (tertiary/aromatic N) is 3. The number of hydrogen-bond acceptors (Lipinski definition) is 4. The zero-order chi connectivity index (χ0) is 14.0. The third kappa shape index (κ3) is 2.70. The second kappa shape index (κ2) is 5.05. The number of rotatable bonds is 4. The highest BCUT2D eigenvalue weighted by atomic mass is 16.4. The minimum absolute atomic E-state index is 0.198. The fourth-order valence-corrected chi connectivity index (χ4v) is 1.77. The van der Waals surface area contributed by atoms with Crippen molar-refractivity contribution in [1.29, 1.82) is 0 Å². The van der Waals surface area contributed by atoms with E-state index in [4.69, 9.17) is 5.11 Å². The molecule has 0 aliphatic rings. The van der Waals surface area contributed by atoms with Crippen LogP contribution >= 0.6 is 0 Å². The van der Waals surface area contributed by atoms with E-state index in [0.717, 1.165) is 0 Å². The molecular weight excluding hydrogens is 248 g/mol. The van der Waals surface area contributed by atoms with Crippen molar-refractivity contribution in [1.82, 2.24) is 20.3 Å². The van der Waals surface area contributed by atoms with E-state index in [2.05, 4.69) is 15.4 Å². The Balaban J connectivity index is 2.32. The molecule has 0 aliphatic carbocycles. The standard InChI is InChI=1S/C12H14N4O3/c1-7(2)16(6-11(17)18)12(19)8-3-4-9-10(5-8)14-15-13-9/h3-5,7H,6H2,1-2H3,(H,17,18)(H,13,14,15). The van der Waals surface area contributed by atoms with Crippen LogP contribution in [0.3, 0.4) is 0 Å². The molecular formula is C12H14N4O3. The van der Waals surface area contributed by atoms with Crippen LogP contribution in [0.25, 0.3) is 11.0 Å². The Morgan fingerprint density at radius 2 is 2.00 bits per heavy atom. The number of nitrogens with one attached hydrogen (secondary N) is 1. The maximum atomic E-state index is 12.3. The molecule has 19 heavy (non-hydrogen) atoms. The zero-order valence-electron chi connectivity index (χ0n) is 10.6. The highest BCUT2D eigenvalue weighted by Gasteiger charge is 2.21. The number of amides is 1. The molecule has 0 atom stereocenters. The van der Waals surface area contributed by atoms with Crippen molar-refractivity contribution in [2.75, 3.05) is 6.54 Å². The Kier molecular flexibility index (Phi) is 3.46. The molecule has 2 aromatic rings. The van der Waals surface area contributed by atoms with Gasteiger partial charge in [-0.2, -0.15) is 15.4 Å². The lowest BCUT2D eigenvalue weighted by molar-refractivity contribution is -0.138. The summed E-state index contributed by atoms with van der Waals surface area (Å²) < 4.78 is 0. The number of hydrogen-bond donors (Lipinski definition) is 2. The summed E-state index contributed by atoms with van der Waals surface area (Å²) >= 11 is 0. The summed E-state index contributed by atoms with van der Waals surface area (Å²) in [5.74, 6) is -1.37. The van der Waals surface area contributed by atoms with Crippen molar-refractivity contribution in [2.45, 2.75) is 19.9 Å². The van der Waals surface area contributed by atoms with Gasteiger partial charge in [0, 0.05) is 11.6 Å². The molecule has 0 fully saturated rings. The number of aliphatic carboxylic acids is 1. The van der Waals surface area contributed by atoms with E-state index in [-0.39, 0.29) is 18.5 Å². The maximum Gasteiger partial charge on any atom is 0.323 e. The monoisotopic (exact) mass is 262 g/mol. The molecule has 7 heteroatoms. The van der Waals surface area contributed by atoms with Crippen LogP contribution in [0.15, 0.2) is 18.2 Å². The van der Waals surface area contributed by atoms with Gasteiger partial charge in [0.15, 0.2) is 0 Å². The molecule has 1 heterocycles. The highest BCUT2D eigenvalue weighted by Crippen LogP contribution is 2.14. The van der Waals surface area contributed by atoms with Gasteiger partial charge in [0.25, 0.3) is 5.91 Å². The first-order chi connectivity index (χ1) is 8.99. The zero-order valence-corrected chi connectivity index (χ0v) is 10.6. The Morgan fingerprint density at radius 1 is 1.32 bits per heavy atom. The molecule has 2 N–H and O–H groups in total. The third-order valence-electron chi connectivity index (χ3n) is 2.75. The molecule has 0 unspecified atom stereocenters. The number of aromatic amines is 1. The predicted molar refractivity (Wildman–Crippen MR) is 67.7 cm³/mol. The molecule has 2 rings (SSSR count). The Hall–Kier alpha value is -2.44. The molecule has 100 valence electrons. The van der Waals surface area contributed by atoms with Gasteiger partial charge >= 0.3 is 5.97 Å². The van der Waals surface area contributed by atoms with Crippen LogP contribution in [0.2, 0.25) is 0 Å². The van der Waals surface area contributed by atoms with Gasteiger partial charge in [-0.1, -0.05) is 0 Å². The van der Waals surface area contributed by atoms with Crippen molar-refractivity contribution in [3.05, 3.63) is 23.8 Å². The number of carbonyl (C=O) groups is 2. The second-order valence-electron chi connectivity index (χ2n) is 4.45. The molecule has 0 spiro atoms. The molecule has 0 saturated heterocycles. The molecule has 0 radical (unpaired) electrons. The van der Waals surface area contributed by atoms with Crippen molar-refractivity contribution in [2.24, 2.45) is 0 Å². The summed E-state index contributed by atoms with van der Waals surface area (Å²) in [5, 5.41) is 19.1. The lowest BCUT2D eigenvalue weighted by Gasteiger charge is -2.24. The van der Waals surface area contributed by atoms with Crippen LogP contribution < -0.4 is 0 Å². The van der Waals surface area contributed by atoms with E-state index in [9.17, 15) is 9.59 Å². The first-order valence-corrected chi connectivity index (χ1v) is 5.82. The summed E-state index contributed by atoms with van der Waals surface area (Å²) in [6.07, 6.45) is 0. The van der Waals surface area contributed by atoms with Gasteiger partial charge in [0.05, 0.1) is 0 Å². The highest BCUT2D eigenvalue weighted by molar-refractivity contribution is 5.98. The van der Waals surface area contributed by atoms with Crippen LogP contribution in [-0.2, 0) is 4.79 Å². The quantitative estimate of drug-likeness (QED) is 0.852. The van der Waals surface area contributed by atoms with Gasteiger partial charge in [0.2, 0.25) is 0 Å². The second-order valence-corrected chi connectivity index (χ2v) is 4.45. The lowest BCUT2D eigenvalue weighted by Crippen LogP contribution is -2.40. The molecule has 0 aliphatic heterocycles. The fraction of sp³-hybridized carbons (Fsp3) is 0.333. The SMILES string of the molecule is CC(C)N(CC(=O)O)C(=O)c1ccc2n[nH]nc2c1. The van der Waals surface area contributed by atoms with Crippen LogP contribution in [0, 0.1) is 0 Å². The van der Waals surface area contributed by atoms with Crippen LogP contribution in [0.4, 0.5) is 0 Å². The largest absolute Gasteiger partial charge is 0.480 e. The van der Waals surface area contributed by atoms with Gasteiger partial charge < -0.3 is 10.0 Å². The molecule has 1 aromatic carbocycles. The topological polar surface area (TPSA) is 99.2 Å². The van der Waals surface area contributed by atoms with Gasteiger partial charge in [-0.25, -0.2) is 0 Å². The number of aromatic nitrogens is 3. The number of carboxylic acid groups (broad SMARTS) is 1. The van der Waals surface area contributed by atoms with Crippen LogP contribution in [0.5, 0.6) is 0 Å². The summed E-state index contributed by atoms with van der Waals surface area (Å²) in [6.45, 7) is 3.22. The smallest absolute Gasteiger partial charge is 0.323 e. The first-order valence-electron chi connectivity index (χ1n) is 5.82. The van der Waals surface area contributed by atoms with E-state index in [0.29, 0.717) is 16.6 Å². The van der Waals surface area contributed by atoms with E-state index < -0.39 is 5.97 Å². The molecule has 0 bridgehead atoms. The van der Waals surface area contributed by atoms with Crippen molar-refractivity contribution >= 4 is 22.9 Å². The third-order valence-corrected chi connectivity index (χ3v) is 2.75. The fourth-order valence-electron chi connectivity index (χ4n) is 1.77. The minimum atomic E-state index is -1.04. The number of carbonyl (C=O) groups excluding carboxylic acids is 1. The average Bonchev–Trinajstić information content (AvgIpc) is 2.81. The van der Waals surface area contributed by atoms with Crippen molar-refractivity contribution in [3.8, 4) is 0 Å². The maximum absolute atomic E-state index is 12.3. The molecule has 1 aromatic heterocycles. The normalized spacial score (nSPS) is 10.9. The molecule has 1 amide bonds.